The second-order valence-electron chi connectivity index (χ2n) is 6.24. The van der Waals surface area contributed by atoms with Crippen molar-refractivity contribution < 1.29 is 14.3 Å². The van der Waals surface area contributed by atoms with Gasteiger partial charge >= 0.3 is 0 Å². The third kappa shape index (κ3) is 8.08. The first-order valence-corrected chi connectivity index (χ1v) is 9.03. The van der Waals surface area contributed by atoms with Crippen LogP contribution >= 0.6 is 12.4 Å². The molecule has 1 aliphatic carbocycles. The zero-order valence-corrected chi connectivity index (χ0v) is 15.9. The smallest absolute Gasteiger partial charge is 0.255 e. The highest BCUT2D eigenvalue weighted by molar-refractivity contribution is 5.96. The average Bonchev–Trinajstić information content (AvgIpc) is 2.88. The summed E-state index contributed by atoms with van der Waals surface area (Å²) in [5.74, 6) is 0.509. The van der Waals surface area contributed by atoms with E-state index < -0.39 is 0 Å². The van der Waals surface area contributed by atoms with E-state index >= 15 is 0 Å². The standard InChI is InChI=1S/C19H30N2O3.ClH/c1-23-14-15-24-18-11-7-6-10-17(18)19(22)21-13-12-20-16-8-4-2-3-5-9-16;/h6-7,10-11,16,20H,2-5,8-9,12-15H2,1H3,(H,21,22);1H. The molecule has 142 valence electrons. The molecule has 1 aliphatic rings. The van der Waals surface area contributed by atoms with Gasteiger partial charge in [-0.1, -0.05) is 37.8 Å². The second kappa shape index (κ2) is 13.0. The minimum atomic E-state index is -0.0920. The Morgan fingerprint density at radius 3 is 2.52 bits per heavy atom. The van der Waals surface area contributed by atoms with Crippen molar-refractivity contribution in [3.63, 3.8) is 0 Å². The summed E-state index contributed by atoms with van der Waals surface area (Å²) < 4.78 is 10.6. The summed E-state index contributed by atoms with van der Waals surface area (Å²) in [5, 5.41) is 6.53. The van der Waals surface area contributed by atoms with Gasteiger partial charge in [0.25, 0.3) is 5.91 Å². The van der Waals surface area contributed by atoms with E-state index in [4.69, 9.17) is 9.47 Å². The van der Waals surface area contributed by atoms with Gasteiger partial charge in [-0.3, -0.25) is 4.79 Å². The lowest BCUT2D eigenvalue weighted by Crippen LogP contribution is -2.37. The van der Waals surface area contributed by atoms with E-state index in [9.17, 15) is 4.79 Å². The number of benzene rings is 1. The van der Waals surface area contributed by atoms with Gasteiger partial charge in [-0.15, -0.1) is 12.4 Å². The number of halogens is 1. The molecule has 0 saturated heterocycles. The van der Waals surface area contributed by atoms with Gasteiger partial charge in [-0.05, 0) is 25.0 Å². The SMILES string of the molecule is COCCOc1ccccc1C(=O)NCCNC1CCCCCC1.Cl. The Bertz CT molecular complexity index is 491. The maximum absolute atomic E-state index is 12.4. The molecule has 25 heavy (non-hydrogen) atoms. The summed E-state index contributed by atoms with van der Waals surface area (Å²) in [6, 6.07) is 7.92. The largest absolute Gasteiger partial charge is 0.490 e. The van der Waals surface area contributed by atoms with Crippen LogP contribution in [-0.2, 0) is 4.74 Å². The fourth-order valence-electron chi connectivity index (χ4n) is 3.05. The van der Waals surface area contributed by atoms with Crippen LogP contribution in [0.1, 0.15) is 48.9 Å². The molecule has 0 spiro atoms. The number of rotatable bonds is 9. The van der Waals surface area contributed by atoms with Gasteiger partial charge in [0.15, 0.2) is 0 Å². The van der Waals surface area contributed by atoms with Crippen LogP contribution in [0.2, 0.25) is 0 Å². The molecule has 0 radical (unpaired) electrons. The molecule has 1 aromatic carbocycles. The number of amides is 1. The number of methoxy groups -OCH3 is 1. The summed E-state index contributed by atoms with van der Waals surface area (Å²) in [6.07, 6.45) is 7.85. The van der Waals surface area contributed by atoms with Crippen LogP contribution in [0, 0.1) is 0 Å². The molecule has 0 atom stereocenters. The van der Waals surface area contributed by atoms with Crippen LogP contribution in [0.15, 0.2) is 24.3 Å². The molecular formula is C19H31ClN2O3. The summed E-state index contributed by atoms with van der Waals surface area (Å²) in [4.78, 5) is 12.4. The molecular weight excluding hydrogens is 340 g/mol. The van der Waals surface area contributed by atoms with Crippen molar-refractivity contribution in [1.29, 1.82) is 0 Å². The van der Waals surface area contributed by atoms with Crippen molar-refractivity contribution in [2.24, 2.45) is 0 Å². The Kier molecular flexibility index (Phi) is 11.3. The molecule has 0 aromatic heterocycles. The Hall–Kier alpha value is -1.30. The normalized spacial score (nSPS) is 15.1. The van der Waals surface area contributed by atoms with Gasteiger partial charge in [0.05, 0.1) is 12.2 Å². The van der Waals surface area contributed by atoms with Crippen molar-refractivity contribution >= 4 is 18.3 Å². The van der Waals surface area contributed by atoms with Crippen LogP contribution in [0.3, 0.4) is 0 Å². The van der Waals surface area contributed by atoms with Crippen molar-refractivity contribution in [2.75, 3.05) is 33.4 Å². The fourth-order valence-corrected chi connectivity index (χ4v) is 3.05. The van der Waals surface area contributed by atoms with Crippen LogP contribution in [-0.4, -0.2) is 45.4 Å². The summed E-state index contributed by atoms with van der Waals surface area (Å²) in [7, 11) is 1.63. The van der Waals surface area contributed by atoms with Crippen LogP contribution < -0.4 is 15.4 Å². The number of carbonyl (C=O) groups is 1. The van der Waals surface area contributed by atoms with Gasteiger partial charge in [-0.2, -0.15) is 0 Å². The Balaban J connectivity index is 0.00000312. The minimum absolute atomic E-state index is 0. The maximum Gasteiger partial charge on any atom is 0.255 e. The highest BCUT2D eigenvalue weighted by Gasteiger charge is 2.13. The predicted octanol–water partition coefficient (Wildman–Crippen LogP) is 3.18. The van der Waals surface area contributed by atoms with Gasteiger partial charge < -0.3 is 20.1 Å². The second-order valence-corrected chi connectivity index (χ2v) is 6.24. The third-order valence-electron chi connectivity index (χ3n) is 4.38. The van der Waals surface area contributed by atoms with Crippen molar-refractivity contribution in [3.05, 3.63) is 29.8 Å². The Morgan fingerprint density at radius 1 is 1.08 bits per heavy atom. The number of para-hydroxylation sites is 1. The van der Waals surface area contributed by atoms with Crippen LogP contribution in [0.25, 0.3) is 0 Å². The lowest BCUT2D eigenvalue weighted by atomic mass is 10.1. The number of nitrogens with one attached hydrogen (secondary N) is 2. The summed E-state index contributed by atoms with van der Waals surface area (Å²) >= 11 is 0. The number of carbonyl (C=O) groups excluding carboxylic acids is 1. The van der Waals surface area contributed by atoms with E-state index in [-0.39, 0.29) is 18.3 Å². The zero-order valence-electron chi connectivity index (χ0n) is 15.1. The third-order valence-corrected chi connectivity index (χ3v) is 4.38. The quantitative estimate of drug-likeness (QED) is 0.517. The number of ether oxygens (including phenoxy) is 2. The van der Waals surface area contributed by atoms with E-state index in [0.29, 0.717) is 37.1 Å². The number of hydrogen-bond donors (Lipinski definition) is 2. The fraction of sp³-hybridized carbons (Fsp3) is 0.632. The highest BCUT2D eigenvalue weighted by Crippen LogP contribution is 2.18. The Morgan fingerprint density at radius 2 is 1.80 bits per heavy atom. The minimum Gasteiger partial charge on any atom is -0.490 e. The molecule has 5 nitrogen and oxygen atoms in total. The summed E-state index contributed by atoms with van der Waals surface area (Å²) in [6.45, 7) is 2.37. The van der Waals surface area contributed by atoms with Crippen molar-refractivity contribution in [3.8, 4) is 5.75 Å². The van der Waals surface area contributed by atoms with E-state index in [2.05, 4.69) is 10.6 Å². The van der Waals surface area contributed by atoms with E-state index in [1.54, 1.807) is 13.2 Å². The van der Waals surface area contributed by atoms with Crippen LogP contribution in [0.4, 0.5) is 0 Å². The van der Waals surface area contributed by atoms with E-state index in [1.165, 1.54) is 38.5 Å². The maximum atomic E-state index is 12.4. The number of hydrogen-bond acceptors (Lipinski definition) is 4. The van der Waals surface area contributed by atoms with Crippen molar-refractivity contribution in [2.45, 2.75) is 44.6 Å². The Labute approximate surface area is 157 Å². The molecule has 2 N–H and O–H groups in total. The first kappa shape index (κ1) is 21.7. The average molecular weight is 371 g/mol. The van der Waals surface area contributed by atoms with Gasteiger partial charge in [0.1, 0.15) is 12.4 Å². The molecule has 0 unspecified atom stereocenters. The van der Waals surface area contributed by atoms with Gasteiger partial charge in [0, 0.05) is 26.2 Å². The predicted molar refractivity (Wildman–Crippen MR) is 103 cm³/mol. The molecule has 0 aliphatic heterocycles. The molecule has 1 saturated carbocycles. The molecule has 1 fully saturated rings. The first-order chi connectivity index (χ1) is 11.8. The molecule has 0 bridgehead atoms. The van der Waals surface area contributed by atoms with Crippen molar-refractivity contribution in [1.82, 2.24) is 10.6 Å². The topological polar surface area (TPSA) is 59.6 Å². The monoisotopic (exact) mass is 370 g/mol. The van der Waals surface area contributed by atoms with Crippen LogP contribution in [0.5, 0.6) is 5.75 Å². The summed E-state index contributed by atoms with van der Waals surface area (Å²) in [5.41, 5.74) is 0.572. The van der Waals surface area contributed by atoms with Gasteiger partial charge in [0.2, 0.25) is 0 Å². The first-order valence-electron chi connectivity index (χ1n) is 9.03. The zero-order chi connectivity index (χ0) is 17.0. The molecule has 0 heterocycles. The molecule has 1 aromatic rings. The van der Waals surface area contributed by atoms with E-state index in [1.807, 2.05) is 18.2 Å². The van der Waals surface area contributed by atoms with E-state index in [0.717, 1.165) is 6.54 Å². The highest BCUT2D eigenvalue weighted by atomic mass is 35.5. The lowest BCUT2D eigenvalue weighted by Gasteiger charge is -2.16. The molecule has 6 heteroatoms. The molecule has 1 amide bonds. The molecule has 2 rings (SSSR count). The lowest BCUT2D eigenvalue weighted by molar-refractivity contribution is 0.0945. The van der Waals surface area contributed by atoms with Gasteiger partial charge in [-0.25, -0.2) is 0 Å².